The molecule has 0 aliphatic carbocycles. The minimum Gasteiger partial charge on any atom is -0.394 e. The van der Waals surface area contributed by atoms with E-state index in [9.17, 15) is 4.79 Å². The van der Waals surface area contributed by atoms with E-state index in [0.717, 1.165) is 11.1 Å². The van der Waals surface area contributed by atoms with Crippen molar-refractivity contribution in [3.8, 4) is 0 Å². The van der Waals surface area contributed by atoms with Crippen LogP contribution in [-0.2, 0) is 0 Å². The maximum atomic E-state index is 12.2. The standard InChI is InChI=1S/C15H15NO2S2/c1-2-9(8-17)16-15(18)13-7-12-14(20-13)10-5-3-4-6-11(10)19-12/h3-7,9,17H,2,8H2,1H3,(H,16,18)/t9-/m0/s1. The van der Waals surface area contributed by atoms with Crippen LogP contribution < -0.4 is 5.32 Å². The van der Waals surface area contributed by atoms with Crippen LogP contribution in [0.15, 0.2) is 30.3 Å². The van der Waals surface area contributed by atoms with Gasteiger partial charge in [0.1, 0.15) is 0 Å². The predicted octanol–water partition coefficient (Wildman–Crippen LogP) is 3.62. The second-order valence-electron chi connectivity index (χ2n) is 4.66. The number of aliphatic hydroxyl groups is 1. The molecule has 2 aromatic heterocycles. The van der Waals surface area contributed by atoms with E-state index in [4.69, 9.17) is 5.11 Å². The van der Waals surface area contributed by atoms with Crippen molar-refractivity contribution in [2.24, 2.45) is 0 Å². The van der Waals surface area contributed by atoms with Crippen LogP contribution >= 0.6 is 22.7 Å². The molecule has 0 saturated carbocycles. The average Bonchev–Trinajstić information content (AvgIpc) is 3.02. The molecule has 1 aromatic carbocycles. The van der Waals surface area contributed by atoms with E-state index >= 15 is 0 Å². The maximum absolute atomic E-state index is 12.2. The van der Waals surface area contributed by atoms with Crippen molar-refractivity contribution in [3.05, 3.63) is 35.2 Å². The molecule has 1 amide bonds. The summed E-state index contributed by atoms with van der Waals surface area (Å²) in [6, 6.07) is 10.0. The van der Waals surface area contributed by atoms with Gasteiger partial charge in [-0.05, 0) is 18.6 Å². The first-order valence-corrected chi connectivity index (χ1v) is 8.19. The second kappa shape index (κ2) is 5.52. The first-order chi connectivity index (χ1) is 9.72. The monoisotopic (exact) mass is 305 g/mol. The van der Waals surface area contributed by atoms with Crippen molar-refractivity contribution >= 4 is 48.1 Å². The number of benzene rings is 1. The summed E-state index contributed by atoms with van der Waals surface area (Å²) in [5.74, 6) is -0.0941. The third kappa shape index (κ3) is 2.32. The van der Waals surface area contributed by atoms with Gasteiger partial charge in [0.05, 0.1) is 22.2 Å². The minimum atomic E-state index is -0.167. The summed E-state index contributed by atoms with van der Waals surface area (Å²) in [6.45, 7) is 1.92. The SMILES string of the molecule is CC[C@@H](CO)NC(=O)c1cc2sc3ccccc3c2s1. The molecule has 1 atom stereocenters. The van der Waals surface area contributed by atoms with Gasteiger partial charge in [-0.15, -0.1) is 22.7 Å². The van der Waals surface area contributed by atoms with E-state index in [1.165, 1.54) is 26.1 Å². The van der Waals surface area contributed by atoms with Gasteiger partial charge in [0.25, 0.3) is 5.91 Å². The smallest absolute Gasteiger partial charge is 0.261 e. The third-order valence-electron chi connectivity index (χ3n) is 3.32. The maximum Gasteiger partial charge on any atom is 0.261 e. The largest absolute Gasteiger partial charge is 0.394 e. The molecule has 20 heavy (non-hydrogen) atoms. The summed E-state index contributed by atoms with van der Waals surface area (Å²) in [5.41, 5.74) is 0. The molecular formula is C15H15NO2S2. The lowest BCUT2D eigenvalue weighted by atomic mass is 10.2. The molecule has 0 fully saturated rings. The zero-order valence-electron chi connectivity index (χ0n) is 11.1. The number of rotatable bonds is 4. The Morgan fingerprint density at radius 3 is 2.85 bits per heavy atom. The second-order valence-corrected chi connectivity index (χ2v) is 6.80. The molecule has 5 heteroatoms. The molecule has 3 aromatic rings. The van der Waals surface area contributed by atoms with Crippen LogP contribution in [0.2, 0.25) is 0 Å². The Kier molecular flexibility index (Phi) is 3.74. The Morgan fingerprint density at radius 2 is 2.10 bits per heavy atom. The van der Waals surface area contributed by atoms with Gasteiger partial charge in [-0.3, -0.25) is 4.79 Å². The Labute approximate surface area is 124 Å². The molecule has 0 spiro atoms. The Balaban J connectivity index is 1.95. The lowest BCUT2D eigenvalue weighted by molar-refractivity contribution is 0.0919. The predicted molar refractivity (Wildman–Crippen MR) is 85.8 cm³/mol. The van der Waals surface area contributed by atoms with Crippen LogP contribution in [0.4, 0.5) is 0 Å². The Morgan fingerprint density at radius 1 is 1.30 bits per heavy atom. The number of thiophene rings is 2. The zero-order chi connectivity index (χ0) is 14.1. The van der Waals surface area contributed by atoms with E-state index in [0.29, 0.717) is 4.88 Å². The molecule has 0 aliphatic heterocycles. The molecule has 2 N–H and O–H groups in total. The summed E-state index contributed by atoms with van der Waals surface area (Å²) >= 11 is 3.23. The highest BCUT2D eigenvalue weighted by atomic mass is 32.1. The average molecular weight is 305 g/mol. The number of amides is 1. The number of hydrogen-bond acceptors (Lipinski definition) is 4. The Hall–Kier alpha value is -1.43. The van der Waals surface area contributed by atoms with Gasteiger partial charge in [0, 0.05) is 14.8 Å². The van der Waals surface area contributed by atoms with Gasteiger partial charge >= 0.3 is 0 Å². The van der Waals surface area contributed by atoms with Crippen LogP contribution in [0, 0.1) is 0 Å². The molecule has 3 rings (SSSR count). The van der Waals surface area contributed by atoms with Crippen molar-refractivity contribution in [2.45, 2.75) is 19.4 Å². The van der Waals surface area contributed by atoms with E-state index in [1.807, 2.05) is 25.1 Å². The fourth-order valence-electron chi connectivity index (χ4n) is 2.14. The van der Waals surface area contributed by atoms with Gasteiger partial charge in [0.2, 0.25) is 0 Å². The number of aliphatic hydroxyl groups excluding tert-OH is 1. The molecule has 0 aliphatic rings. The van der Waals surface area contributed by atoms with Gasteiger partial charge in [-0.25, -0.2) is 0 Å². The molecule has 0 unspecified atom stereocenters. The van der Waals surface area contributed by atoms with E-state index in [2.05, 4.69) is 17.4 Å². The van der Waals surface area contributed by atoms with Crippen LogP contribution in [0.5, 0.6) is 0 Å². The van der Waals surface area contributed by atoms with Crippen LogP contribution in [0.1, 0.15) is 23.0 Å². The third-order valence-corrected chi connectivity index (χ3v) is 5.74. The molecule has 0 bridgehead atoms. The summed E-state index contributed by atoms with van der Waals surface area (Å²) in [7, 11) is 0. The highest BCUT2D eigenvalue weighted by Gasteiger charge is 2.16. The van der Waals surface area contributed by atoms with Gasteiger partial charge in [-0.2, -0.15) is 0 Å². The molecule has 104 valence electrons. The number of carbonyl (C=O) groups excluding carboxylic acids is 1. The molecule has 3 nitrogen and oxygen atoms in total. The summed E-state index contributed by atoms with van der Waals surface area (Å²) < 4.78 is 3.58. The number of hydrogen-bond donors (Lipinski definition) is 2. The van der Waals surface area contributed by atoms with Crippen LogP contribution in [0.3, 0.4) is 0 Å². The number of fused-ring (bicyclic) bond motifs is 3. The normalized spacial score (nSPS) is 12.9. The van der Waals surface area contributed by atoms with Gasteiger partial charge in [-0.1, -0.05) is 25.1 Å². The summed E-state index contributed by atoms with van der Waals surface area (Å²) in [5, 5.41) is 13.2. The summed E-state index contributed by atoms with van der Waals surface area (Å²) in [6.07, 6.45) is 0.727. The summed E-state index contributed by atoms with van der Waals surface area (Å²) in [4.78, 5) is 12.9. The first-order valence-electron chi connectivity index (χ1n) is 6.55. The molecule has 0 radical (unpaired) electrons. The number of carbonyl (C=O) groups is 1. The molecule has 0 saturated heterocycles. The fourth-order valence-corrected chi connectivity index (χ4v) is 4.57. The van der Waals surface area contributed by atoms with E-state index in [1.54, 1.807) is 11.3 Å². The first kappa shape index (κ1) is 13.5. The van der Waals surface area contributed by atoms with Crippen LogP contribution in [-0.4, -0.2) is 23.7 Å². The molecular weight excluding hydrogens is 290 g/mol. The van der Waals surface area contributed by atoms with Crippen LogP contribution in [0.25, 0.3) is 19.5 Å². The van der Waals surface area contributed by atoms with E-state index < -0.39 is 0 Å². The lowest BCUT2D eigenvalue weighted by Gasteiger charge is -2.12. The van der Waals surface area contributed by atoms with Gasteiger partial charge < -0.3 is 10.4 Å². The van der Waals surface area contributed by atoms with Crippen molar-refractivity contribution in [2.75, 3.05) is 6.61 Å². The highest BCUT2D eigenvalue weighted by Crippen LogP contribution is 2.39. The Bertz CT molecular complexity index is 756. The van der Waals surface area contributed by atoms with Crippen molar-refractivity contribution in [3.63, 3.8) is 0 Å². The van der Waals surface area contributed by atoms with Crippen molar-refractivity contribution in [1.82, 2.24) is 5.32 Å². The highest BCUT2D eigenvalue weighted by molar-refractivity contribution is 7.33. The molecule has 2 heterocycles. The van der Waals surface area contributed by atoms with Crippen molar-refractivity contribution in [1.29, 1.82) is 0 Å². The lowest BCUT2D eigenvalue weighted by Crippen LogP contribution is -2.36. The fraction of sp³-hybridized carbons (Fsp3) is 0.267. The minimum absolute atomic E-state index is 0.0229. The topological polar surface area (TPSA) is 49.3 Å². The quantitative estimate of drug-likeness (QED) is 0.773. The van der Waals surface area contributed by atoms with Gasteiger partial charge in [0.15, 0.2) is 0 Å². The zero-order valence-corrected chi connectivity index (χ0v) is 12.7. The van der Waals surface area contributed by atoms with E-state index in [-0.39, 0.29) is 18.6 Å². The number of nitrogens with one attached hydrogen (secondary N) is 1. The van der Waals surface area contributed by atoms with Crippen molar-refractivity contribution < 1.29 is 9.90 Å².